The van der Waals surface area contributed by atoms with Crippen LogP contribution in [0.15, 0.2) is 47.6 Å². The summed E-state index contributed by atoms with van der Waals surface area (Å²) in [5, 5.41) is 4.83. The van der Waals surface area contributed by atoms with Crippen LogP contribution in [0.5, 0.6) is 0 Å². The highest BCUT2D eigenvalue weighted by Gasteiger charge is 2.04. The van der Waals surface area contributed by atoms with Gasteiger partial charge in [-0.05, 0) is 42.0 Å². The lowest BCUT2D eigenvalue weighted by Crippen LogP contribution is -2.17. The van der Waals surface area contributed by atoms with Crippen molar-refractivity contribution in [3.8, 4) is 0 Å². The summed E-state index contributed by atoms with van der Waals surface area (Å²) in [4.78, 5) is 13.9. The van der Waals surface area contributed by atoms with E-state index < -0.39 is 0 Å². The van der Waals surface area contributed by atoms with Crippen LogP contribution in [0.25, 0.3) is 0 Å². The number of amides is 1. The lowest BCUT2D eigenvalue weighted by Gasteiger charge is -2.12. The fourth-order valence-corrected chi connectivity index (χ4v) is 2.04. The fraction of sp³-hybridized carbons (Fsp3) is 0.125. The van der Waals surface area contributed by atoms with Gasteiger partial charge in [0.15, 0.2) is 0 Å². The molecule has 0 fully saturated rings. The molecule has 0 atom stereocenters. The average molecular weight is 336 g/mol. The lowest BCUT2D eigenvalue weighted by atomic mass is 10.2. The zero-order chi connectivity index (χ0) is 16.1. The van der Waals surface area contributed by atoms with Crippen molar-refractivity contribution in [3.63, 3.8) is 0 Å². The normalized spacial score (nSPS) is 10.7. The first kappa shape index (κ1) is 16.3. The fourth-order valence-electron chi connectivity index (χ4n) is 1.73. The Morgan fingerprint density at radius 2 is 1.77 bits per heavy atom. The van der Waals surface area contributed by atoms with E-state index in [1.807, 2.05) is 31.1 Å². The van der Waals surface area contributed by atoms with Crippen LogP contribution in [-0.4, -0.2) is 26.2 Å². The van der Waals surface area contributed by atoms with Gasteiger partial charge in [0.05, 0.1) is 16.3 Å². The Morgan fingerprint density at radius 1 is 1.09 bits per heavy atom. The van der Waals surface area contributed by atoms with E-state index >= 15 is 0 Å². The van der Waals surface area contributed by atoms with Gasteiger partial charge in [-0.1, -0.05) is 29.3 Å². The second kappa shape index (κ2) is 7.29. The monoisotopic (exact) mass is 335 g/mol. The minimum atomic E-state index is -0.276. The van der Waals surface area contributed by atoms with Gasteiger partial charge in [0.25, 0.3) is 5.91 Å². The first-order chi connectivity index (χ1) is 10.5. The van der Waals surface area contributed by atoms with Gasteiger partial charge in [-0.15, -0.1) is 0 Å². The molecule has 1 amide bonds. The molecule has 1 N–H and O–H groups in total. The molecule has 0 saturated carbocycles. The van der Waals surface area contributed by atoms with E-state index in [-0.39, 0.29) is 5.91 Å². The Balaban J connectivity index is 1.99. The number of rotatable bonds is 4. The molecule has 2 aromatic rings. The summed E-state index contributed by atoms with van der Waals surface area (Å²) in [5.74, 6) is -0.276. The number of carbonyl (C=O) groups is 1. The predicted octanol–water partition coefficient (Wildman–Crippen LogP) is 3.82. The lowest BCUT2D eigenvalue weighted by molar-refractivity contribution is 0.0955. The molecule has 0 saturated heterocycles. The molecule has 2 rings (SSSR count). The number of carbonyl (C=O) groups excluding carboxylic acids is 1. The third-order valence-electron chi connectivity index (χ3n) is 2.97. The molecule has 114 valence electrons. The Labute approximate surface area is 139 Å². The highest BCUT2D eigenvalue weighted by molar-refractivity contribution is 6.42. The summed E-state index contributed by atoms with van der Waals surface area (Å²) in [6.07, 6.45) is 1.51. The largest absolute Gasteiger partial charge is 0.378 e. The maximum atomic E-state index is 12.0. The number of hydrogen-bond acceptors (Lipinski definition) is 3. The highest BCUT2D eigenvalue weighted by Crippen LogP contribution is 2.21. The number of hydrazone groups is 1. The zero-order valence-corrected chi connectivity index (χ0v) is 13.7. The number of nitrogens with one attached hydrogen (secondary N) is 1. The van der Waals surface area contributed by atoms with E-state index in [4.69, 9.17) is 23.2 Å². The summed E-state index contributed by atoms with van der Waals surface area (Å²) in [7, 11) is 3.88. The topological polar surface area (TPSA) is 44.7 Å². The van der Waals surface area contributed by atoms with Gasteiger partial charge in [0.2, 0.25) is 0 Å². The second-order valence-corrected chi connectivity index (χ2v) is 5.63. The van der Waals surface area contributed by atoms with Crippen LogP contribution in [0, 0.1) is 0 Å². The van der Waals surface area contributed by atoms with Crippen molar-refractivity contribution in [1.82, 2.24) is 5.43 Å². The Bertz CT molecular complexity index is 697. The van der Waals surface area contributed by atoms with Crippen LogP contribution < -0.4 is 10.3 Å². The van der Waals surface area contributed by atoms with Gasteiger partial charge in [-0.3, -0.25) is 4.79 Å². The molecule has 6 heteroatoms. The highest BCUT2D eigenvalue weighted by atomic mass is 35.5. The van der Waals surface area contributed by atoms with Crippen molar-refractivity contribution in [2.75, 3.05) is 19.0 Å². The third kappa shape index (κ3) is 4.23. The molecule has 0 aromatic heterocycles. The van der Waals surface area contributed by atoms with Crippen molar-refractivity contribution in [2.24, 2.45) is 5.10 Å². The number of halogens is 2. The zero-order valence-electron chi connectivity index (χ0n) is 12.2. The van der Waals surface area contributed by atoms with Gasteiger partial charge >= 0.3 is 0 Å². The van der Waals surface area contributed by atoms with Crippen molar-refractivity contribution in [3.05, 3.63) is 63.6 Å². The maximum absolute atomic E-state index is 12.0. The Kier molecular flexibility index (Phi) is 5.41. The Morgan fingerprint density at radius 3 is 2.36 bits per heavy atom. The molecule has 0 radical (unpaired) electrons. The van der Waals surface area contributed by atoms with E-state index in [2.05, 4.69) is 10.5 Å². The molecule has 0 aliphatic rings. The second-order valence-electron chi connectivity index (χ2n) is 4.81. The number of anilines is 1. The van der Waals surface area contributed by atoms with Crippen molar-refractivity contribution < 1.29 is 4.79 Å². The molecule has 0 spiro atoms. The van der Waals surface area contributed by atoms with Gasteiger partial charge in [0.1, 0.15) is 0 Å². The molecule has 0 aliphatic carbocycles. The van der Waals surface area contributed by atoms with Crippen LogP contribution in [0.2, 0.25) is 10.0 Å². The van der Waals surface area contributed by atoms with Gasteiger partial charge in [0, 0.05) is 25.3 Å². The van der Waals surface area contributed by atoms with Crippen LogP contribution in [-0.2, 0) is 0 Å². The Hall–Kier alpha value is -2.04. The van der Waals surface area contributed by atoms with Crippen LogP contribution >= 0.6 is 23.2 Å². The molecule has 0 heterocycles. The molecule has 22 heavy (non-hydrogen) atoms. The maximum Gasteiger partial charge on any atom is 0.271 e. The average Bonchev–Trinajstić information content (AvgIpc) is 2.51. The van der Waals surface area contributed by atoms with Crippen LogP contribution in [0.1, 0.15) is 15.9 Å². The summed E-state index contributed by atoms with van der Waals surface area (Å²) in [6, 6.07) is 12.3. The van der Waals surface area contributed by atoms with Crippen molar-refractivity contribution in [2.45, 2.75) is 0 Å². The SMILES string of the molecule is CN(C)c1ccc(C(=O)N/N=C/c2ccc(Cl)c(Cl)c2)cc1. The van der Waals surface area contributed by atoms with E-state index in [1.54, 1.807) is 30.3 Å². The van der Waals surface area contributed by atoms with Crippen molar-refractivity contribution in [1.29, 1.82) is 0 Å². The molecular weight excluding hydrogens is 321 g/mol. The van der Waals surface area contributed by atoms with E-state index in [0.29, 0.717) is 15.6 Å². The number of benzene rings is 2. The summed E-state index contributed by atoms with van der Waals surface area (Å²) < 4.78 is 0. The third-order valence-corrected chi connectivity index (χ3v) is 3.71. The smallest absolute Gasteiger partial charge is 0.271 e. The number of hydrogen-bond donors (Lipinski definition) is 1. The van der Waals surface area contributed by atoms with E-state index in [1.165, 1.54) is 6.21 Å². The van der Waals surface area contributed by atoms with Gasteiger partial charge in [-0.2, -0.15) is 5.10 Å². The van der Waals surface area contributed by atoms with Gasteiger partial charge in [-0.25, -0.2) is 5.43 Å². The first-order valence-corrected chi connectivity index (χ1v) is 7.29. The molecule has 2 aromatic carbocycles. The van der Waals surface area contributed by atoms with E-state index in [0.717, 1.165) is 11.3 Å². The van der Waals surface area contributed by atoms with Gasteiger partial charge < -0.3 is 4.90 Å². The quantitative estimate of drug-likeness (QED) is 0.681. The first-order valence-electron chi connectivity index (χ1n) is 6.53. The minimum Gasteiger partial charge on any atom is -0.378 e. The standard InChI is InChI=1S/C16H15Cl2N3O/c1-21(2)13-6-4-12(5-7-13)16(22)20-19-10-11-3-8-14(17)15(18)9-11/h3-10H,1-2H3,(H,20,22)/b19-10+. The predicted molar refractivity (Wildman–Crippen MR) is 92.3 cm³/mol. The minimum absolute atomic E-state index is 0.276. The molecular formula is C16H15Cl2N3O. The molecule has 0 unspecified atom stereocenters. The molecule has 0 aliphatic heterocycles. The van der Waals surface area contributed by atoms with E-state index in [9.17, 15) is 4.79 Å². The summed E-state index contributed by atoms with van der Waals surface area (Å²) >= 11 is 11.7. The van der Waals surface area contributed by atoms with Crippen LogP contribution in [0.3, 0.4) is 0 Å². The van der Waals surface area contributed by atoms with Crippen LogP contribution in [0.4, 0.5) is 5.69 Å². The van der Waals surface area contributed by atoms with Crippen molar-refractivity contribution >= 4 is 41.0 Å². The number of nitrogens with zero attached hydrogens (tertiary/aromatic N) is 2. The summed E-state index contributed by atoms with van der Waals surface area (Å²) in [5.41, 5.74) is 4.78. The summed E-state index contributed by atoms with van der Waals surface area (Å²) in [6.45, 7) is 0. The molecule has 0 bridgehead atoms. The molecule has 4 nitrogen and oxygen atoms in total.